The number of carbonyl (C=O) groups excluding carboxylic acids is 1. The average Bonchev–Trinajstić information content (AvgIpc) is 2.83. The Morgan fingerprint density at radius 1 is 1.17 bits per heavy atom. The number of hydrogen-bond acceptors (Lipinski definition) is 1. The number of nitrogens with zero attached hydrogens (tertiary/aromatic N) is 1. The van der Waals surface area contributed by atoms with Gasteiger partial charge in [-0.3, -0.25) is 4.79 Å². The van der Waals surface area contributed by atoms with Gasteiger partial charge in [-0.05, 0) is 49.1 Å². The normalized spacial score (nSPS) is 22.9. The molecule has 2 heteroatoms. The van der Waals surface area contributed by atoms with E-state index < -0.39 is 0 Å². The highest BCUT2D eigenvalue weighted by Crippen LogP contribution is 2.35. The van der Waals surface area contributed by atoms with Crippen molar-refractivity contribution in [2.45, 2.75) is 44.4 Å². The van der Waals surface area contributed by atoms with Gasteiger partial charge in [0.15, 0.2) is 0 Å². The molecule has 0 aromatic heterocycles. The van der Waals surface area contributed by atoms with Crippen molar-refractivity contribution >= 4 is 5.91 Å². The molecule has 2 aliphatic rings. The maximum Gasteiger partial charge on any atom is 0.223 e. The van der Waals surface area contributed by atoms with E-state index in [1.165, 1.54) is 30.4 Å². The van der Waals surface area contributed by atoms with Crippen LogP contribution in [-0.2, 0) is 11.2 Å². The van der Waals surface area contributed by atoms with Gasteiger partial charge in [0.1, 0.15) is 0 Å². The van der Waals surface area contributed by atoms with Gasteiger partial charge in [-0.15, -0.1) is 0 Å². The molecule has 96 valence electrons. The van der Waals surface area contributed by atoms with Crippen LogP contribution in [0.5, 0.6) is 0 Å². The van der Waals surface area contributed by atoms with E-state index in [1.807, 2.05) is 0 Å². The zero-order valence-corrected chi connectivity index (χ0v) is 10.9. The van der Waals surface area contributed by atoms with Crippen LogP contribution in [0.2, 0.25) is 0 Å². The molecule has 1 aliphatic carbocycles. The predicted molar refractivity (Wildman–Crippen MR) is 72.6 cm³/mol. The fourth-order valence-electron chi connectivity index (χ4n) is 3.34. The summed E-state index contributed by atoms with van der Waals surface area (Å²) < 4.78 is 0. The molecule has 1 unspecified atom stereocenters. The standard InChI is InChI=1S/C16H21NO/c18-16(17-10-4-1-5-11-17)12-14-9-8-13-6-2-3-7-15(13)14/h2-3,6-7,14H,1,4-5,8-12H2. The lowest BCUT2D eigenvalue weighted by Gasteiger charge is -2.28. The van der Waals surface area contributed by atoms with Crippen LogP contribution in [0.25, 0.3) is 0 Å². The zero-order chi connectivity index (χ0) is 12.4. The van der Waals surface area contributed by atoms with Gasteiger partial charge in [0.25, 0.3) is 0 Å². The van der Waals surface area contributed by atoms with Crippen molar-refractivity contribution in [3.63, 3.8) is 0 Å². The van der Waals surface area contributed by atoms with E-state index in [0.717, 1.165) is 32.4 Å². The van der Waals surface area contributed by atoms with E-state index in [1.54, 1.807) is 0 Å². The molecule has 0 radical (unpaired) electrons. The number of piperidine rings is 1. The molecular formula is C16H21NO. The summed E-state index contributed by atoms with van der Waals surface area (Å²) in [7, 11) is 0. The predicted octanol–water partition coefficient (Wildman–Crippen LogP) is 3.12. The van der Waals surface area contributed by atoms with Crippen molar-refractivity contribution in [2.24, 2.45) is 0 Å². The summed E-state index contributed by atoms with van der Waals surface area (Å²) in [6.07, 6.45) is 6.68. The molecule has 1 aliphatic heterocycles. The first-order valence-electron chi connectivity index (χ1n) is 7.20. The summed E-state index contributed by atoms with van der Waals surface area (Å²) >= 11 is 0. The Morgan fingerprint density at radius 2 is 1.94 bits per heavy atom. The van der Waals surface area contributed by atoms with Crippen molar-refractivity contribution in [1.29, 1.82) is 0 Å². The molecule has 1 fully saturated rings. The summed E-state index contributed by atoms with van der Waals surface area (Å²) in [6.45, 7) is 1.96. The quantitative estimate of drug-likeness (QED) is 0.781. The number of likely N-dealkylation sites (tertiary alicyclic amines) is 1. The number of fused-ring (bicyclic) bond motifs is 1. The third kappa shape index (κ3) is 2.29. The first-order chi connectivity index (χ1) is 8.84. The number of aryl methyl sites for hydroxylation is 1. The minimum atomic E-state index is 0.372. The molecule has 0 bridgehead atoms. The topological polar surface area (TPSA) is 20.3 Å². The van der Waals surface area contributed by atoms with Crippen LogP contribution < -0.4 is 0 Å². The van der Waals surface area contributed by atoms with Crippen LogP contribution in [0.3, 0.4) is 0 Å². The smallest absolute Gasteiger partial charge is 0.223 e. The molecule has 1 aromatic carbocycles. The molecule has 0 spiro atoms. The number of rotatable bonds is 2. The van der Waals surface area contributed by atoms with Crippen molar-refractivity contribution in [1.82, 2.24) is 4.90 Å². The third-order valence-corrected chi connectivity index (χ3v) is 4.39. The van der Waals surface area contributed by atoms with E-state index in [2.05, 4.69) is 29.2 Å². The largest absolute Gasteiger partial charge is 0.343 e. The van der Waals surface area contributed by atoms with Gasteiger partial charge >= 0.3 is 0 Å². The fourth-order valence-corrected chi connectivity index (χ4v) is 3.34. The Balaban J connectivity index is 1.65. The Bertz CT molecular complexity index is 434. The van der Waals surface area contributed by atoms with E-state index in [-0.39, 0.29) is 0 Å². The lowest BCUT2D eigenvalue weighted by atomic mass is 9.96. The second-order valence-corrected chi connectivity index (χ2v) is 5.58. The summed E-state index contributed by atoms with van der Waals surface area (Å²) in [5.41, 5.74) is 2.87. The van der Waals surface area contributed by atoms with Crippen LogP contribution in [0.1, 0.15) is 49.1 Å². The third-order valence-electron chi connectivity index (χ3n) is 4.39. The van der Waals surface area contributed by atoms with Gasteiger partial charge in [-0.25, -0.2) is 0 Å². The average molecular weight is 243 g/mol. The number of hydrogen-bond donors (Lipinski definition) is 0. The van der Waals surface area contributed by atoms with Crippen molar-refractivity contribution in [3.8, 4) is 0 Å². The highest BCUT2D eigenvalue weighted by molar-refractivity contribution is 5.77. The summed E-state index contributed by atoms with van der Waals surface area (Å²) in [4.78, 5) is 14.4. The minimum absolute atomic E-state index is 0.372. The van der Waals surface area contributed by atoms with Crippen LogP contribution in [0.15, 0.2) is 24.3 Å². The van der Waals surface area contributed by atoms with Gasteiger partial charge in [-0.1, -0.05) is 24.3 Å². The van der Waals surface area contributed by atoms with Gasteiger partial charge in [0, 0.05) is 19.5 Å². The summed E-state index contributed by atoms with van der Waals surface area (Å²) in [5.74, 6) is 0.840. The highest BCUT2D eigenvalue weighted by Gasteiger charge is 2.26. The molecule has 1 heterocycles. The molecule has 0 N–H and O–H groups in total. The van der Waals surface area contributed by atoms with Crippen LogP contribution in [0, 0.1) is 0 Å². The van der Waals surface area contributed by atoms with Crippen molar-refractivity contribution in [2.75, 3.05) is 13.1 Å². The van der Waals surface area contributed by atoms with Gasteiger partial charge in [0.05, 0.1) is 0 Å². The van der Waals surface area contributed by atoms with Gasteiger partial charge in [0.2, 0.25) is 5.91 Å². The summed E-state index contributed by atoms with van der Waals surface area (Å²) in [6, 6.07) is 8.62. The Labute approximate surface area is 109 Å². The first kappa shape index (κ1) is 11.8. The molecule has 1 atom stereocenters. The Morgan fingerprint density at radius 3 is 2.78 bits per heavy atom. The molecule has 0 saturated carbocycles. The second kappa shape index (κ2) is 5.13. The van der Waals surface area contributed by atoms with E-state index in [9.17, 15) is 4.79 Å². The van der Waals surface area contributed by atoms with Crippen LogP contribution in [-0.4, -0.2) is 23.9 Å². The maximum atomic E-state index is 12.3. The first-order valence-corrected chi connectivity index (χ1v) is 7.20. The van der Waals surface area contributed by atoms with Gasteiger partial charge < -0.3 is 4.90 Å². The zero-order valence-electron chi connectivity index (χ0n) is 10.9. The number of carbonyl (C=O) groups is 1. The maximum absolute atomic E-state index is 12.3. The van der Waals surface area contributed by atoms with Crippen molar-refractivity contribution in [3.05, 3.63) is 35.4 Å². The molecule has 1 amide bonds. The molecule has 18 heavy (non-hydrogen) atoms. The van der Waals surface area contributed by atoms with Crippen LogP contribution >= 0.6 is 0 Å². The Kier molecular flexibility index (Phi) is 3.35. The number of amides is 1. The molecule has 1 aromatic rings. The molecule has 2 nitrogen and oxygen atoms in total. The highest BCUT2D eigenvalue weighted by atomic mass is 16.2. The lowest BCUT2D eigenvalue weighted by Crippen LogP contribution is -2.36. The summed E-state index contributed by atoms with van der Waals surface area (Å²) in [5, 5.41) is 0. The minimum Gasteiger partial charge on any atom is -0.343 e. The molecule has 3 rings (SSSR count). The van der Waals surface area contributed by atoms with E-state index in [4.69, 9.17) is 0 Å². The van der Waals surface area contributed by atoms with E-state index >= 15 is 0 Å². The molecule has 1 saturated heterocycles. The number of benzene rings is 1. The van der Waals surface area contributed by atoms with E-state index in [0.29, 0.717) is 11.8 Å². The SMILES string of the molecule is O=C(CC1CCc2ccccc21)N1CCCCC1. The lowest BCUT2D eigenvalue weighted by molar-refractivity contribution is -0.132. The Hall–Kier alpha value is -1.31. The monoisotopic (exact) mass is 243 g/mol. The van der Waals surface area contributed by atoms with Crippen molar-refractivity contribution < 1.29 is 4.79 Å². The molecular weight excluding hydrogens is 222 g/mol. The fraction of sp³-hybridized carbons (Fsp3) is 0.562. The van der Waals surface area contributed by atoms with Crippen LogP contribution in [0.4, 0.5) is 0 Å². The second-order valence-electron chi connectivity index (χ2n) is 5.58. The van der Waals surface area contributed by atoms with Gasteiger partial charge in [-0.2, -0.15) is 0 Å².